The number of amides is 1. The monoisotopic (exact) mass is 357 g/mol. The van der Waals surface area contributed by atoms with Gasteiger partial charge in [-0.2, -0.15) is 0 Å². The van der Waals surface area contributed by atoms with Crippen LogP contribution in [0.15, 0.2) is 30.4 Å². The van der Waals surface area contributed by atoms with Gasteiger partial charge in [0, 0.05) is 5.92 Å². The van der Waals surface area contributed by atoms with Crippen molar-refractivity contribution in [1.82, 2.24) is 0 Å². The molecule has 1 saturated carbocycles. The Morgan fingerprint density at radius 1 is 1.38 bits per heavy atom. The molecular formula is C21H27NO4. The van der Waals surface area contributed by atoms with Crippen LogP contribution in [-0.4, -0.2) is 31.3 Å². The topological polar surface area (TPSA) is 55.8 Å². The van der Waals surface area contributed by atoms with Crippen LogP contribution in [0.25, 0.3) is 0 Å². The highest BCUT2D eigenvalue weighted by atomic mass is 16.5. The number of hydrogen-bond acceptors (Lipinski definition) is 4. The molecule has 0 radical (unpaired) electrons. The van der Waals surface area contributed by atoms with Gasteiger partial charge in [-0.3, -0.25) is 9.69 Å². The number of fused-ring (bicyclic) bond motifs is 1. The van der Waals surface area contributed by atoms with Gasteiger partial charge in [-0.25, -0.2) is 4.79 Å². The minimum absolute atomic E-state index is 0.195. The molecule has 0 aromatic heterocycles. The molecular weight excluding hydrogens is 330 g/mol. The standard InChI is InChI=1S/C21H27NO4/c1-15-7-10-19-17(12-15)13-21(22(19)20(24)25-3)11-5-4-6-18(21)9-8-16(2)26-14-23/h7-10,12,14,16,18H,4-6,11,13H2,1-3H3/b9-8+/t16?,18-,21-/m0/s1. The van der Waals surface area contributed by atoms with Crippen LogP contribution in [0.1, 0.15) is 43.7 Å². The molecule has 0 N–H and O–H groups in total. The number of rotatable bonds is 4. The number of hydrogen-bond donors (Lipinski definition) is 0. The van der Waals surface area contributed by atoms with Gasteiger partial charge in [-0.1, -0.05) is 36.6 Å². The van der Waals surface area contributed by atoms with E-state index in [0.717, 1.165) is 37.8 Å². The van der Waals surface area contributed by atoms with E-state index in [1.54, 1.807) is 0 Å². The Balaban J connectivity index is 2.00. The van der Waals surface area contributed by atoms with Gasteiger partial charge in [-0.05, 0) is 50.8 Å². The molecule has 1 spiro atoms. The minimum atomic E-state index is -0.307. The highest BCUT2D eigenvalue weighted by molar-refractivity contribution is 5.92. The summed E-state index contributed by atoms with van der Waals surface area (Å²) in [5.41, 5.74) is 3.05. The van der Waals surface area contributed by atoms with Crippen molar-refractivity contribution in [2.45, 2.75) is 57.6 Å². The van der Waals surface area contributed by atoms with Gasteiger partial charge in [0.05, 0.1) is 18.3 Å². The lowest BCUT2D eigenvalue weighted by atomic mass is 9.70. The van der Waals surface area contributed by atoms with Crippen LogP contribution in [0.4, 0.5) is 10.5 Å². The lowest BCUT2D eigenvalue weighted by molar-refractivity contribution is -0.130. The first kappa shape index (κ1) is 18.5. The first-order chi connectivity index (χ1) is 12.5. The van der Waals surface area contributed by atoms with Crippen LogP contribution in [-0.2, 0) is 20.7 Å². The van der Waals surface area contributed by atoms with E-state index in [4.69, 9.17) is 9.47 Å². The molecule has 1 heterocycles. The van der Waals surface area contributed by atoms with Crippen LogP contribution >= 0.6 is 0 Å². The third-order valence-corrected chi connectivity index (χ3v) is 5.72. The molecule has 3 atom stereocenters. The van der Waals surface area contributed by atoms with Gasteiger partial charge < -0.3 is 9.47 Å². The lowest BCUT2D eigenvalue weighted by Crippen LogP contribution is -2.56. The fourth-order valence-electron chi connectivity index (χ4n) is 4.54. The summed E-state index contributed by atoms with van der Waals surface area (Å²) in [4.78, 5) is 25.2. The maximum atomic E-state index is 12.7. The van der Waals surface area contributed by atoms with Crippen molar-refractivity contribution < 1.29 is 19.1 Å². The zero-order valence-corrected chi connectivity index (χ0v) is 15.7. The summed E-state index contributed by atoms with van der Waals surface area (Å²) in [5, 5.41) is 0. The number of anilines is 1. The van der Waals surface area contributed by atoms with Crippen molar-refractivity contribution in [1.29, 1.82) is 0 Å². The number of carbonyl (C=O) groups is 2. The quantitative estimate of drug-likeness (QED) is 0.599. The molecule has 0 bridgehead atoms. The van der Waals surface area contributed by atoms with Crippen LogP contribution in [0.2, 0.25) is 0 Å². The Bertz CT molecular complexity index is 714. The molecule has 1 aromatic rings. The van der Waals surface area contributed by atoms with E-state index in [2.05, 4.69) is 19.1 Å². The maximum absolute atomic E-state index is 12.7. The predicted octanol–water partition coefficient (Wildman–Crippen LogP) is 4.17. The smallest absolute Gasteiger partial charge is 0.414 e. The summed E-state index contributed by atoms with van der Waals surface area (Å²) in [5.74, 6) is 0.195. The summed E-state index contributed by atoms with van der Waals surface area (Å²) in [6.07, 6.45) is 8.47. The van der Waals surface area contributed by atoms with E-state index in [0.29, 0.717) is 6.47 Å². The van der Waals surface area contributed by atoms with Gasteiger partial charge >= 0.3 is 6.09 Å². The minimum Gasteiger partial charge on any atom is -0.461 e. The average Bonchev–Trinajstić information content (AvgIpc) is 2.93. The van der Waals surface area contributed by atoms with E-state index in [1.165, 1.54) is 18.2 Å². The molecule has 0 saturated heterocycles. The lowest BCUT2D eigenvalue weighted by Gasteiger charge is -2.46. The van der Waals surface area contributed by atoms with Crippen LogP contribution < -0.4 is 4.90 Å². The Morgan fingerprint density at radius 2 is 2.19 bits per heavy atom. The number of methoxy groups -OCH3 is 1. The SMILES string of the molecule is COC(=O)N1c2ccc(C)cc2C[C@]12CCCC[C@H]2/C=C/C(C)OC=O. The van der Waals surface area contributed by atoms with Gasteiger partial charge in [0.15, 0.2) is 0 Å². The van der Waals surface area contributed by atoms with Crippen molar-refractivity contribution in [2.75, 3.05) is 12.0 Å². The van der Waals surface area contributed by atoms with Crippen LogP contribution in [0.5, 0.6) is 0 Å². The van der Waals surface area contributed by atoms with E-state index in [9.17, 15) is 9.59 Å². The molecule has 1 unspecified atom stereocenters. The molecule has 1 aliphatic carbocycles. The van der Waals surface area contributed by atoms with E-state index < -0.39 is 0 Å². The number of benzene rings is 1. The van der Waals surface area contributed by atoms with E-state index >= 15 is 0 Å². The Labute approximate surface area is 155 Å². The Hall–Kier alpha value is -2.30. The normalized spacial score (nSPS) is 26.0. The number of nitrogens with zero attached hydrogens (tertiary/aromatic N) is 1. The Kier molecular flexibility index (Phi) is 5.35. The van der Waals surface area contributed by atoms with Crippen molar-refractivity contribution in [2.24, 2.45) is 5.92 Å². The number of ether oxygens (including phenoxy) is 2. The summed E-state index contributed by atoms with van der Waals surface area (Å²) in [6, 6.07) is 6.25. The van der Waals surface area contributed by atoms with Gasteiger partial charge in [0.1, 0.15) is 6.10 Å². The second kappa shape index (κ2) is 7.52. The molecule has 5 nitrogen and oxygen atoms in total. The third kappa shape index (κ3) is 3.22. The fraction of sp³-hybridized carbons (Fsp3) is 0.524. The predicted molar refractivity (Wildman–Crippen MR) is 100 cm³/mol. The summed E-state index contributed by atoms with van der Waals surface area (Å²) >= 11 is 0. The molecule has 26 heavy (non-hydrogen) atoms. The zero-order valence-electron chi connectivity index (χ0n) is 15.7. The fourth-order valence-corrected chi connectivity index (χ4v) is 4.54. The highest BCUT2D eigenvalue weighted by Gasteiger charge is 2.52. The molecule has 140 valence electrons. The van der Waals surface area contributed by atoms with Crippen molar-refractivity contribution >= 4 is 18.3 Å². The summed E-state index contributed by atoms with van der Waals surface area (Å²) in [6.45, 7) is 4.39. The van der Waals surface area contributed by atoms with E-state index in [1.807, 2.05) is 30.0 Å². The van der Waals surface area contributed by atoms with Crippen molar-refractivity contribution in [3.05, 3.63) is 41.5 Å². The molecule has 1 aliphatic heterocycles. The van der Waals surface area contributed by atoms with Crippen molar-refractivity contribution in [3.8, 4) is 0 Å². The zero-order chi connectivity index (χ0) is 18.7. The van der Waals surface area contributed by atoms with Gasteiger partial charge in [-0.15, -0.1) is 0 Å². The van der Waals surface area contributed by atoms with Crippen LogP contribution in [0, 0.1) is 12.8 Å². The number of carbonyl (C=O) groups excluding carboxylic acids is 2. The van der Waals surface area contributed by atoms with Crippen LogP contribution in [0.3, 0.4) is 0 Å². The largest absolute Gasteiger partial charge is 0.461 e. The molecule has 2 aliphatic rings. The highest BCUT2D eigenvalue weighted by Crippen LogP contribution is 2.50. The summed E-state index contributed by atoms with van der Waals surface area (Å²) < 4.78 is 10.1. The molecule has 1 aromatic carbocycles. The first-order valence-corrected chi connectivity index (χ1v) is 9.27. The molecule has 1 amide bonds. The second-order valence-electron chi connectivity index (χ2n) is 7.39. The molecule has 5 heteroatoms. The third-order valence-electron chi connectivity index (χ3n) is 5.72. The van der Waals surface area contributed by atoms with Gasteiger partial charge in [0.2, 0.25) is 0 Å². The first-order valence-electron chi connectivity index (χ1n) is 9.27. The van der Waals surface area contributed by atoms with Gasteiger partial charge in [0.25, 0.3) is 6.47 Å². The van der Waals surface area contributed by atoms with E-state index in [-0.39, 0.29) is 23.7 Å². The second-order valence-corrected chi connectivity index (χ2v) is 7.39. The number of aryl methyl sites for hydroxylation is 1. The van der Waals surface area contributed by atoms with Crippen molar-refractivity contribution in [3.63, 3.8) is 0 Å². The Morgan fingerprint density at radius 3 is 2.92 bits per heavy atom. The average molecular weight is 357 g/mol. The molecule has 3 rings (SSSR count). The summed E-state index contributed by atoms with van der Waals surface area (Å²) in [7, 11) is 1.44. The maximum Gasteiger partial charge on any atom is 0.414 e. The molecule has 1 fully saturated rings.